The van der Waals surface area contributed by atoms with E-state index in [4.69, 9.17) is 0 Å². The maximum absolute atomic E-state index is 15.2. The van der Waals surface area contributed by atoms with E-state index in [0.717, 1.165) is 0 Å². The van der Waals surface area contributed by atoms with Gasteiger partial charge in [-0.2, -0.15) is 0 Å². The molecule has 10 heteroatoms. The average Bonchev–Trinajstić information content (AvgIpc) is 3.22. The molecule has 0 saturated carbocycles. The highest BCUT2D eigenvalue weighted by molar-refractivity contribution is 6.06. The number of halogens is 1. The molecule has 0 radical (unpaired) electrons. The van der Waals surface area contributed by atoms with Crippen LogP contribution < -0.4 is 5.32 Å². The summed E-state index contributed by atoms with van der Waals surface area (Å²) in [6.45, 7) is 1.14. The molecule has 3 aliphatic rings. The Balaban J connectivity index is 1.17. The number of hydrogen-bond acceptors (Lipinski definition) is 6. The van der Waals surface area contributed by atoms with Gasteiger partial charge in [-0.15, -0.1) is 0 Å². The zero-order chi connectivity index (χ0) is 25.7. The van der Waals surface area contributed by atoms with Gasteiger partial charge in [-0.3, -0.25) is 34.5 Å². The molecule has 0 spiro atoms. The van der Waals surface area contributed by atoms with Crippen molar-refractivity contribution >= 4 is 34.7 Å². The van der Waals surface area contributed by atoms with Crippen LogP contribution in [-0.2, 0) is 16.1 Å². The maximum Gasteiger partial charge on any atom is 0.256 e. The van der Waals surface area contributed by atoms with Crippen molar-refractivity contribution in [3.8, 4) is 0 Å². The van der Waals surface area contributed by atoms with Crippen molar-refractivity contribution in [1.29, 1.82) is 0 Å². The van der Waals surface area contributed by atoms with Crippen molar-refractivity contribution in [1.82, 2.24) is 25.1 Å². The number of hydrogen-bond donors (Lipinski definition) is 1. The molecule has 188 valence electrons. The molecule has 4 amide bonds. The molecule has 2 saturated heterocycles. The number of fused-ring (bicyclic) bond motifs is 2. The third kappa shape index (κ3) is 4.02. The lowest BCUT2D eigenvalue weighted by Crippen LogP contribution is -2.52. The fraction of sp³-hybridized carbons (Fsp3) is 0.333. The Bertz CT molecular complexity index is 1460. The second kappa shape index (κ2) is 9.02. The van der Waals surface area contributed by atoms with Gasteiger partial charge in [0.15, 0.2) is 0 Å². The number of likely N-dealkylation sites (tertiary alicyclic amines) is 1. The van der Waals surface area contributed by atoms with Gasteiger partial charge in [-0.1, -0.05) is 12.1 Å². The summed E-state index contributed by atoms with van der Waals surface area (Å²) in [6, 6.07) is 7.61. The number of carbonyl (C=O) groups is 4. The molecule has 37 heavy (non-hydrogen) atoms. The van der Waals surface area contributed by atoms with E-state index in [9.17, 15) is 19.2 Å². The number of aromatic nitrogens is 2. The van der Waals surface area contributed by atoms with E-state index in [1.807, 2.05) is 6.07 Å². The van der Waals surface area contributed by atoms with Crippen molar-refractivity contribution in [2.75, 3.05) is 13.1 Å². The van der Waals surface area contributed by atoms with Crippen molar-refractivity contribution in [3.63, 3.8) is 0 Å². The van der Waals surface area contributed by atoms with Gasteiger partial charge in [0, 0.05) is 44.0 Å². The van der Waals surface area contributed by atoms with E-state index >= 15 is 4.39 Å². The normalized spacial score (nSPS) is 20.4. The quantitative estimate of drug-likeness (QED) is 0.552. The van der Waals surface area contributed by atoms with Crippen molar-refractivity contribution in [2.24, 2.45) is 0 Å². The predicted molar refractivity (Wildman–Crippen MR) is 130 cm³/mol. The van der Waals surface area contributed by atoms with Gasteiger partial charge in [-0.25, -0.2) is 4.39 Å². The lowest BCUT2D eigenvalue weighted by Gasteiger charge is -2.32. The summed E-state index contributed by atoms with van der Waals surface area (Å²) in [7, 11) is 0. The van der Waals surface area contributed by atoms with Gasteiger partial charge >= 0.3 is 0 Å². The van der Waals surface area contributed by atoms with E-state index in [0.29, 0.717) is 53.7 Å². The first-order valence-electron chi connectivity index (χ1n) is 12.4. The van der Waals surface area contributed by atoms with Crippen LogP contribution in [0.5, 0.6) is 0 Å². The monoisotopic (exact) mass is 501 g/mol. The summed E-state index contributed by atoms with van der Waals surface area (Å²) in [4.78, 5) is 61.7. The number of para-hydroxylation sites is 1. The molecule has 2 aromatic carbocycles. The van der Waals surface area contributed by atoms with E-state index in [2.05, 4.69) is 15.3 Å². The molecule has 4 heterocycles. The Kier molecular flexibility index (Phi) is 5.66. The molecule has 2 fully saturated rings. The number of nitrogens with one attached hydrogen (secondary N) is 1. The van der Waals surface area contributed by atoms with Gasteiger partial charge in [0.25, 0.3) is 11.8 Å². The highest BCUT2D eigenvalue weighted by Gasteiger charge is 2.40. The third-order valence-electron chi connectivity index (χ3n) is 7.59. The van der Waals surface area contributed by atoms with Crippen LogP contribution in [0.4, 0.5) is 4.39 Å². The van der Waals surface area contributed by atoms with E-state index in [1.165, 1.54) is 11.0 Å². The molecular weight excluding hydrogens is 477 g/mol. The smallest absolute Gasteiger partial charge is 0.256 e. The maximum atomic E-state index is 15.2. The highest BCUT2D eigenvalue weighted by Crippen LogP contribution is 2.36. The van der Waals surface area contributed by atoms with Crippen molar-refractivity contribution < 1.29 is 23.6 Å². The number of piperidine rings is 2. The first-order chi connectivity index (χ1) is 17.9. The first-order valence-corrected chi connectivity index (χ1v) is 12.4. The van der Waals surface area contributed by atoms with Crippen LogP contribution in [0.15, 0.2) is 42.7 Å². The predicted octanol–water partition coefficient (Wildman–Crippen LogP) is 2.55. The lowest BCUT2D eigenvalue weighted by molar-refractivity contribution is -0.136. The molecule has 1 atom stereocenters. The van der Waals surface area contributed by atoms with E-state index in [-0.39, 0.29) is 42.7 Å². The largest absolute Gasteiger partial charge is 0.339 e. The minimum Gasteiger partial charge on any atom is -0.339 e. The van der Waals surface area contributed by atoms with Gasteiger partial charge in [0.2, 0.25) is 11.8 Å². The number of carbonyl (C=O) groups excluding carboxylic acids is 4. The van der Waals surface area contributed by atoms with Crippen LogP contribution >= 0.6 is 0 Å². The second-order valence-electron chi connectivity index (χ2n) is 9.73. The molecule has 0 aliphatic carbocycles. The van der Waals surface area contributed by atoms with Crippen molar-refractivity contribution in [2.45, 2.75) is 44.2 Å². The van der Waals surface area contributed by atoms with Crippen molar-refractivity contribution in [3.05, 3.63) is 70.8 Å². The summed E-state index contributed by atoms with van der Waals surface area (Å²) < 4.78 is 15.2. The first kappa shape index (κ1) is 23.2. The van der Waals surface area contributed by atoms with Crippen LogP contribution in [0.3, 0.4) is 0 Å². The van der Waals surface area contributed by atoms with E-state index < -0.39 is 23.7 Å². The Morgan fingerprint density at radius 2 is 1.81 bits per heavy atom. The standard InChI is InChI=1S/C27H24FN5O4/c28-20-13-19-16(14-33(27(19)37)22-4-5-23(34)31-25(22)35)12-18(20)15-6-10-32(11-7-15)26(36)17-2-1-3-21-24(17)30-9-8-29-21/h1-3,8-9,12-13,15,22H,4-7,10-11,14H2,(H,31,34,35). The average molecular weight is 502 g/mol. The molecule has 1 N–H and O–H groups in total. The SMILES string of the molecule is O=C1CCC(N2Cc3cc(C4CCN(C(=O)c5cccc6nccnc56)CC4)c(F)cc3C2=O)C(=O)N1. The summed E-state index contributed by atoms with van der Waals surface area (Å²) in [6.07, 6.45) is 4.75. The minimum absolute atomic E-state index is 0.0959. The van der Waals surface area contributed by atoms with Crippen LogP contribution in [0.1, 0.15) is 63.4 Å². The van der Waals surface area contributed by atoms with Gasteiger partial charge in [-0.05, 0) is 54.5 Å². The molecule has 3 aromatic rings. The fourth-order valence-electron chi connectivity index (χ4n) is 5.65. The lowest BCUT2D eigenvalue weighted by atomic mass is 9.87. The number of nitrogens with zero attached hydrogens (tertiary/aromatic N) is 4. The summed E-state index contributed by atoms with van der Waals surface area (Å²) in [5.74, 6) is -1.91. The fourth-order valence-corrected chi connectivity index (χ4v) is 5.65. The molecule has 6 rings (SSSR count). The Morgan fingerprint density at radius 1 is 1.03 bits per heavy atom. The molecule has 0 bridgehead atoms. The van der Waals surface area contributed by atoms with Crippen LogP contribution in [0.2, 0.25) is 0 Å². The molecule has 1 unspecified atom stereocenters. The Morgan fingerprint density at radius 3 is 2.59 bits per heavy atom. The number of rotatable bonds is 3. The topological polar surface area (TPSA) is 113 Å². The van der Waals surface area contributed by atoms with Crippen LogP contribution in [-0.4, -0.2) is 62.5 Å². The van der Waals surface area contributed by atoms with Crippen LogP contribution in [0.25, 0.3) is 11.0 Å². The summed E-state index contributed by atoms with van der Waals surface area (Å²) in [5, 5.41) is 2.28. The second-order valence-corrected chi connectivity index (χ2v) is 9.73. The zero-order valence-electron chi connectivity index (χ0n) is 19.9. The zero-order valence-corrected chi connectivity index (χ0v) is 19.9. The molecule has 3 aliphatic heterocycles. The van der Waals surface area contributed by atoms with Gasteiger partial charge < -0.3 is 9.80 Å². The van der Waals surface area contributed by atoms with E-state index in [1.54, 1.807) is 35.5 Å². The molecular formula is C27H24FN5O4. The van der Waals surface area contributed by atoms with Crippen LogP contribution in [0, 0.1) is 5.82 Å². The van der Waals surface area contributed by atoms with Gasteiger partial charge in [0.1, 0.15) is 17.4 Å². The third-order valence-corrected chi connectivity index (χ3v) is 7.59. The number of benzene rings is 2. The Labute approximate surface area is 211 Å². The number of imide groups is 1. The minimum atomic E-state index is -0.739. The molecule has 1 aromatic heterocycles. The van der Waals surface area contributed by atoms with Gasteiger partial charge in [0.05, 0.1) is 11.1 Å². The molecule has 9 nitrogen and oxygen atoms in total. The summed E-state index contributed by atoms with van der Waals surface area (Å²) in [5.41, 5.74) is 3.19. The Hall–Kier alpha value is -4.21. The highest BCUT2D eigenvalue weighted by atomic mass is 19.1. The number of amides is 4. The summed E-state index contributed by atoms with van der Waals surface area (Å²) >= 11 is 0.